The van der Waals surface area contributed by atoms with Gasteiger partial charge in [0, 0.05) is 12.4 Å². The minimum Gasteiger partial charge on any atom is -0.215 e. The van der Waals surface area contributed by atoms with Gasteiger partial charge in [0.25, 0.3) is 0 Å². The van der Waals surface area contributed by atoms with Crippen molar-refractivity contribution < 1.29 is 8.42 Å². The Morgan fingerprint density at radius 3 is 2.62 bits per heavy atom. The fraction of sp³-hybridized carbons (Fsp3) is 1.00. The molecule has 96 valence electrons. The lowest BCUT2D eigenvalue weighted by Gasteiger charge is -2.28. The lowest BCUT2D eigenvalue weighted by Crippen LogP contribution is -2.34. The highest BCUT2D eigenvalue weighted by molar-refractivity contribution is 7.89. The number of rotatable bonds is 6. The zero-order valence-corrected chi connectivity index (χ0v) is 11.5. The Labute approximate surface area is 104 Å². The van der Waals surface area contributed by atoms with Gasteiger partial charge in [-0.05, 0) is 24.7 Å². The molecular weight excluding hydrogens is 246 g/mol. The van der Waals surface area contributed by atoms with Crippen LogP contribution in [0, 0.1) is 11.8 Å². The van der Waals surface area contributed by atoms with Gasteiger partial charge in [-0.1, -0.05) is 26.2 Å². The molecule has 1 rings (SSSR count). The van der Waals surface area contributed by atoms with Gasteiger partial charge in [0.2, 0.25) is 10.0 Å². The van der Waals surface area contributed by atoms with E-state index in [4.69, 9.17) is 11.6 Å². The molecule has 3 nitrogen and oxygen atoms in total. The molecule has 0 radical (unpaired) electrons. The molecule has 1 N–H and O–H groups in total. The summed E-state index contributed by atoms with van der Waals surface area (Å²) >= 11 is 5.49. The van der Waals surface area contributed by atoms with E-state index in [0.717, 1.165) is 6.42 Å². The molecule has 0 aromatic carbocycles. The van der Waals surface area contributed by atoms with Crippen molar-refractivity contribution in [1.82, 2.24) is 4.72 Å². The highest BCUT2D eigenvalue weighted by atomic mass is 35.5. The molecule has 0 heterocycles. The summed E-state index contributed by atoms with van der Waals surface area (Å²) in [7, 11) is -3.10. The van der Waals surface area contributed by atoms with Crippen LogP contribution in [0.4, 0.5) is 0 Å². The van der Waals surface area contributed by atoms with Gasteiger partial charge in [-0.25, -0.2) is 13.1 Å². The van der Waals surface area contributed by atoms with E-state index in [0.29, 0.717) is 30.7 Å². The Balaban J connectivity index is 2.32. The Bertz CT molecular complexity index is 292. The van der Waals surface area contributed by atoms with E-state index in [1.807, 2.05) is 0 Å². The molecule has 0 aromatic heterocycles. The maximum absolute atomic E-state index is 11.6. The van der Waals surface area contributed by atoms with Crippen LogP contribution in [0.15, 0.2) is 0 Å². The second-order valence-corrected chi connectivity index (χ2v) is 7.04. The average molecular weight is 268 g/mol. The van der Waals surface area contributed by atoms with Gasteiger partial charge < -0.3 is 0 Å². The predicted octanol–water partition coefficient (Wildman–Crippen LogP) is 2.36. The number of hydrogen-bond acceptors (Lipinski definition) is 2. The van der Waals surface area contributed by atoms with Gasteiger partial charge >= 0.3 is 0 Å². The van der Waals surface area contributed by atoms with Crippen LogP contribution in [0.2, 0.25) is 0 Å². The van der Waals surface area contributed by atoms with Gasteiger partial charge in [0.05, 0.1) is 5.75 Å². The zero-order chi connectivity index (χ0) is 12.0. The van der Waals surface area contributed by atoms with Crippen molar-refractivity contribution in [2.45, 2.75) is 39.0 Å². The maximum Gasteiger partial charge on any atom is 0.211 e. The fourth-order valence-corrected chi connectivity index (χ4v) is 3.68. The monoisotopic (exact) mass is 267 g/mol. The van der Waals surface area contributed by atoms with Crippen molar-refractivity contribution in [2.75, 3.05) is 18.2 Å². The van der Waals surface area contributed by atoms with E-state index in [-0.39, 0.29) is 5.75 Å². The zero-order valence-electron chi connectivity index (χ0n) is 9.91. The van der Waals surface area contributed by atoms with E-state index in [1.54, 1.807) is 0 Å². The molecule has 0 spiro atoms. The standard InChI is InChI=1S/C11H22ClNO2S/c1-10-5-2-3-6-11(10)9-13-16(14,15)8-4-7-12/h10-11,13H,2-9H2,1H3. The molecule has 1 saturated carbocycles. The summed E-state index contributed by atoms with van der Waals surface area (Å²) in [5, 5.41) is 0. The molecule has 16 heavy (non-hydrogen) atoms. The first-order valence-electron chi connectivity index (χ1n) is 6.08. The predicted molar refractivity (Wildman–Crippen MR) is 68.2 cm³/mol. The summed E-state index contributed by atoms with van der Waals surface area (Å²) in [6.45, 7) is 2.82. The summed E-state index contributed by atoms with van der Waals surface area (Å²) in [6, 6.07) is 0. The first-order chi connectivity index (χ1) is 7.55. The maximum atomic E-state index is 11.6. The van der Waals surface area contributed by atoms with Crippen LogP contribution in [0.25, 0.3) is 0 Å². The van der Waals surface area contributed by atoms with Crippen molar-refractivity contribution in [2.24, 2.45) is 11.8 Å². The Hall–Kier alpha value is 0.200. The Morgan fingerprint density at radius 2 is 2.00 bits per heavy atom. The van der Waals surface area contributed by atoms with Crippen LogP contribution in [0.5, 0.6) is 0 Å². The molecule has 1 aliphatic carbocycles. The quantitative estimate of drug-likeness (QED) is 0.751. The van der Waals surface area contributed by atoms with E-state index in [2.05, 4.69) is 11.6 Å². The van der Waals surface area contributed by atoms with Gasteiger partial charge in [-0.3, -0.25) is 0 Å². The Kier molecular flexibility index (Phi) is 6.08. The second-order valence-electron chi connectivity index (χ2n) is 4.73. The van der Waals surface area contributed by atoms with E-state index in [9.17, 15) is 8.42 Å². The van der Waals surface area contributed by atoms with Crippen LogP contribution in [0.1, 0.15) is 39.0 Å². The lowest BCUT2D eigenvalue weighted by molar-refractivity contribution is 0.257. The molecular formula is C11H22ClNO2S. The first kappa shape index (κ1) is 14.3. The van der Waals surface area contributed by atoms with Crippen LogP contribution >= 0.6 is 11.6 Å². The fourth-order valence-electron chi connectivity index (χ4n) is 2.25. The number of sulfonamides is 1. The molecule has 2 unspecified atom stereocenters. The van der Waals surface area contributed by atoms with Gasteiger partial charge in [0.1, 0.15) is 0 Å². The Morgan fingerprint density at radius 1 is 1.31 bits per heavy atom. The molecule has 0 aromatic rings. The number of nitrogens with one attached hydrogen (secondary N) is 1. The summed E-state index contributed by atoms with van der Waals surface area (Å²) in [5.74, 6) is 1.71. The van der Waals surface area contributed by atoms with E-state index in [1.165, 1.54) is 19.3 Å². The summed E-state index contributed by atoms with van der Waals surface area (Å²) in [4.78, 5) is 0. The smallest absolute Gasteiger partial charge is 0.211 e. The van der Waals surface area contributed by atoms with E-state index >= 15 is 0 Å². The summed E-state index contributed by atoms with van der Waals surface area (Å²) in [6.07, 6.45) is 5.43. The largest absolute Gasteiger partial charge is 0.215 e. The van der Waals surface area contributed by atoms with Gasteiger partial charge in [0.15, 0.2) is 0 Å². The molecule has 1 aliphatic rings. The SMILES string of the molecule is CC1CCCCC1CNS(=O)(=O)CCCCl. The number of hydrogen-bond donors (Lipinski definition) is 1. The molecule has 2 atom stereocenters. The minimum absolute atomic E-state index is 0.150. The van der Waals surface area contributed by atoms with Gasteiger partial charge in [-0.2, -0.15) is 0 Å². The number of alkyl halides is 1. The van der Waals surface area contributed by atoms with Crippen molar-refractivity contribution >= 4 is 21.6 Å². The normalized spacial score (nSPS) is 26.9. The van der Waals surface area contributed by atoms with Crippen LogP contribution in [0.3, 0.4) is 0 Å². The molecule has 5 heteroatoms. The third-order valence-electron chi connectivity index (χ3n) is 3.40. The summed E-state index contributed by atoms with van der Waals surface area (Å²) in [5.41, 5.74) is 0. The third-order valence-corrected chi connectivity index (χ3v) is 5.10. The average Bonchev–Trinajstić information content (AvgIpc) is 2.26. The van der Waals surface area contributed by atoms with Crippen molar-refractivity contribution in [1.29, 1.82) is 0 Å². The summed E-state index contributed by atoms with van der Waals surface area (Å²) < 4.78 is 25.8. The van der Waals surface area contributed by atoms with E-state index < -0.39 is 10.0 Å². The van der Waals surface area contributed by atoms with Crippen molar-refractivity contribution in [3.63, 3.8) is 0 Å². The third kappa shape index (κ3) is 5.02. The topological polar surface area (TPSA) is 46.2 Å². The number of halogens is 1. The molecule has 0 saturated heterocycles. The molecule has 1 fully saturated rings. The van der Waals surface area contributed by atoms with Crippen LogP contribution in [-0.4, -0.2) is 26.6 Å². The first-order valence-corrected chi connectivity index (χ1v) is 8.27. The second kappa shape index (κ2) is 6.82. The van der Waals surface area contributed by atoms with Crippen molar-refractivity contribution in [3.8, 4) is 0 Å². The molecule has 0 amide bonds. The van der Waals surface area contributed by atoms with Crippen LogP contribution in [-0.2, 0) is 10.0 Å². The van der Waals surface area contributed by atoms with Crippen LogP contribution < -0.4 is 4.72 Å². The molecule has 0 bridgehead atoms. The molecule has 0 aliphatic heterocycles. The van der Waals surface area contributed by atoms with Gasteiger partial charge in [-0.15, -0.1) is 11.6 Å². The highest BCUT2D eigenvalue weighted by Crippen LogP contribution is 2.28. The minimum atomic E-state index is -3.10. The lowest BCUT2D eigenvalue weighted by atomic mass is 9.81. The van der Waals surface area contributed by atoms with Crippen molar-refractivity contribution in [3.05, 3.63) is 0 Å². The highest BCUT2D eigenvalue weighted by Gasteiger charge is 2.22.